The average Bonchev–Trinajstić information content (AvgIpc) is 3.42. The van der Waals surface area contributed by atoms with Crippen LogP contribution in [-0.4, -0.2) is 23.7 Å². The van der Waals surface area contributed by atoms with E-state index in [1.807, 2.05) is 68.4 Å². The average molecular weight is 339 g/mol. The Kier molecular flexibility index (Phi) is 5.09. The first-order valence-corrected chi connectivity index (χ1v) is 8.80. The lowest BCUT2D eigenvalue weighted by Gasteiger charge is -2.18. The lowest BCUT2D eigenvalue weighted by molar-refractivity contribution is -0.124. The van der Waals surface area contributed by atoms with Gasteiger partial charge in [-0.2, -0.15) is 0 Å². The number of carbonyl (C=O) groups excluding carboxylic acids is 1. The third-order valence-corrected chi connectivity index (χ3v) is 4.58. The van der Waals surface area contributed by atoms with Crippen LogP contribution in [0.5, 0.6) is 5.75 Å². The van der Waals surface area contributed by atoms with Gasteiger partial charge in [-0.15, -0.1) is 0 Å². The van der Waals surface area contributed by atoms with Gasteiger partial charge in [0.2, 0.25) is 5.91 Å². The SMILES string of the molecule is CC(C)Oc1cccc(C(O)CNC(=O)C2(c3ccccc3)CC2)c1. The number of aliphatic hydroxyl groups excluding tert-OH is 1. The van der Waals surface area contributed by atoms with E-state index >= 15 is 0 Å². The Morgan fingerprint density at radius 1 is 1.16 bits per heavy atom. The zero-order chi connectivity index (χ0) is 17.9. The molecule has 25 heavy (non-hydrogen) atoms. The summed E-state index contributed by atoms with van der Waals surface area (Å²) in [5.41, 5.74) is 1.38. The van der Waals surface area contributed by atoms with Gasteiger partial charge in [0, 0.05) is 6.54 Å². The Morgan fingerprint density at radius 2 is 1.88 bits per heavy atom. The number of rotatable bonds is 7. The Labute approximate surface area is 148 Å². The molecule has 0 bridgehead atoms. The fourth-order valence-corrected chi connectivity index (χ4v) is 3.07. The van der Waals surface area contributed by atoms with Crippen LogP contribution in [0.15, 0.2) is 54.6 Å². The molecule has 0 heterocycles. The molecule has 0 saturated heterocycles. The summed E-state index contributed by atoms with van der Waals surface area (Å²) in [6.07, 6.45) is 1.03. The summed E-state index contributed by atoms with van der Waals surface area (Å²) in [7, 11) is 0. The number of ether oxygens (including phenoxy) is 1. The van der Waals surface area contributed by atoms with Crippen molar-refractivity contribution in [2.24, 2.45) is 0 Å². The van der Waals surface area contributed by atoms with Crippen LogP contribution in [0.4, 0.5) is 0 Å². The summed E-state index contributed by atoms with van der Waals surface area (Å²) in [5, 5.41) is 13.3. The molecule has 0 aliphatic heterocycles. The van der Waals surface area contributed by atoms with Gasteiger partial charge in [0.05, 0.1) is 17.6 Å². The van der Waals surface area contributed by atoms with E-state index in [0.29, 0.717) is 0 Å². The van der Waals surface area contributed by atoms with E-state index in [2.05, 4.69) is 5.32 Å². The third kappa shape index (κ3) is 4.02. The number of hydrogen-bond acceptors (Lipinski definition) is 3. The maximum absolute atomic E-state index is 12.6. The standard InChI is InChI=1S/C21H25NO3/c1-15(2)25-18-10-6-7-16(13-18)19(23)14-22-20(24)21(11-12-21)17-8-4-3-5-9-17/h3-10,13,15,19,23H,11-12,14H2,1-2H3,(H,22,24). The van der Waals surface area contributed by atoms with Gasteiger partial charge in [-0.1, -0.05) is 42.5 Å². The summed E-state index contributed by atoms with van der Waals surface area (Å²) < 4.78 is 5.65. The lowest BCUT2D eigenvalue weighted by Crippen LogP contribution is -2.37. The van der Waals surface area contributed by atoms with Crippen LogP contribution in [0.3, 0.4) is 0 Å². The predicted octanol–water partition coefficient (Wildman–Crippen LogP) is 3.36. The molecule has 0 aromatic heterocycles. The topological polar surface area (TPSA) is 58.6 Å². The van der Waals surface area contributed by atoms with Gasteiger partial charge >= 0.3 is 0 Å². The highest BCUT2D eigenvalue weighted by Crippen LogP contribution is 2.48. The van der Waals surface area contributed by atoms with Crippen molar-refractivity contribution in [2.75, 3.05) is 6.54 Å². The molecule has 2 N–H and O–H groups in total. The van der Waals surface area contributed by atoms with Crippen molar-refractivity contribution < 1.29 is 14.6 Å². The normalized spacial score (nSPS) is 16.3. The van der Waals surface area contributed by atoms with E-state index in [1.165, 1.54) is 0 Å². The van der Waals surface area contributed by atoms with Crippen molar-refractivity contribution in [1.29, 1.82) is 0 Å². The molecule has 2 aromatic carbocycles. The van der Waals surface area contributed by atoms with Gasteiger partial charge in [-0.05, 0) is 49.9 Å². The summed E-state index contributed by atoms with van der Waals surface area (Å²) in [6.45, 7) is 4.11. The van der Waals surface area contributed by atoms with Crippen LogP contribution in [0, 0.1) is 0 Å². The molecular formula is C21H25NO3. The lowest BCUT2D eigenvalue weighted by atomic mass is 9.95. The Balaban J connectivity index is 1.61. The van der Waals surface area contributed by atoms with E-state index in [0.717, 1.165) is 29.7 Å². The molecule has 1 saturated carbocycles. The number of aliphatic hydroxyl groups is 1. The molecular weight excluding hydrogens is 314 g/mol. The van der Waals surface area contributed by atoms with Crippen LogP contribution < -0.4 is 10.1 Å². The van der Waals surface area contributed by atoms with E-state index < -0.39 is 11.5 Å². The first-order valence-electron chi connectivity index (χ1n) is 8.80. The minimum absolute atomic E-state index is 0.00710. The molecule has 1 amide bonds. The van der Waals surface area contributed by atoms with Crippen LogP contribution in [0.1, 0.15) is 43.9 Å². The fraction of sp³-hybridized carbons (Fsp3) is 0.381. The second-order valence-corrected chi connectivity index (χ2v) is 6.91. The molecule has 1 atom stereocenters. The number of nitrogens with one attached hydrogen (secondary N) is 1. The maximum Gasteiger partial charge on any atom is 0.230 e. The molecule has 4 nitrogen and oxygen atoms in total. The maximum atomic E-state index is 12.6. The van der Waals surface area contributed by atoms with Crippen LogP contribution in [0.2, 0.25) is 0 Å². The van der Waals surface area contributed by atoms with Crippen LogP contribution in [0.25, 0.3) is 0 Å². The van der Waals surface area contributed by atoms with Crippen molar-refractivity contribution in [3.8, 4) is 5.75 Å². The van der Waals surface area contributed by atoms with Crippen molar-refractivity contribution in [1.82, 2.24) is 5.32 Å². The highest BCUT2D eigenvalue weighted by Gasteiger charge is 2.51. The number of carbonyl (C=O) groups is 1. The summed E-state index contributed by atoms with van der Waals surface area (Å²) in [4.78, 5) is 12.6. The minimum atomic E-state index is -0.758. The zero-order valence-electron chi connectivity index (χ0n) is 14.7. The molecule has 1 aliphatic carbocycles. The van der Waals surface area contributed by atoms with Crippen molar-refractivity contribution in [2.45, 2.75) is 44.3 Å². The number of amides is 1. The van der Waals surface area contributed by atoms with Crippen molar-refractivity contribution >= 4 is 5.91 Å². The number of benzene rings is 2. The first kappa shape index (κ1) is 17.5. The van der Waals surface area contributed by atoms with Crippen LogP contribution in [-0.2, 0) is 10.2 Å². The third-order valence-electron chi connectivity index (χ3n) is 4.58. The summed E-state index contributed by atoms with van der Waals surface area (Å²) >= 11 is 0. The molecule has 2 aromatic rings. The molecule has 132 valence electrons. The molecule has 1 fully saturated rings. The van der Waals surface area contributed by atoms with E-state index in [4.69, 9.17) is 4.74 Å². The summed E-state index contributed by atoms with van der Waals surface area (Å²) in [6, 6.07) is 17.2. The Bertz CT molecular complexity index is 723. The smallest absolute Gasteiger partial charge is 0.230 e. The molecule has 1 aliphatic rings. The van der Waals surface area contributed by atoms with Crippen molar-refractivity contribution in [3.63, 3.8) is 0 Å². The minimum Gasteiger partial charge on any atom is -0.491 e. The van der Waals surface area contributed by atoms with Gasteiger partial charge in [-0.25, -0.2) is 0 Å². The summed E-state index contributed by atoms with van der Waals surface area (Å²) in [5.74, 6) is 0.716. The second kappa shape index (κ2) is 7.28. The molecule has 1 unspecified atom stereocenters. The predicted molar refractivity (Wildman–Crippen MR) is 97.5 cm³/mol. The van der Waals surface area contributed by atoms with E-state index in [1.54, 1.807) is 0 Å². The fourth-order valence-electron chi connectivity index (χ4n) is 3.07. The van der Waals surface area contributed by atoms with E-state index in [-0.39, 0.29) is 18.6 Å². The quantitative estimate of drug-likeness (QED) is 0.813. The van der Waals surface area contributed by atoms with Gasteiger partial charge in [0.1, 0.15) is 5.75 Å². The molecule has 0 radical (unpaired) electrons. The van der Waals surface area contributed by atoms with Gasteiger partial charge in [0.15, 0.2) is 0 Å². The molecule has 3 rings (SSSR count). The van der Waals surface area contributed by atoms with Gasteiger partial charge in [-0.3, -0.25) is 4.79 Å². The van der Waals surface area contributed by atoms with Gasteiger partial charge < -0.3 is 15.2 Å². The zero-order valence-corrected chi connectivity index (χ0v) is 14.7. The van der Waals surface area contributed by atoms with Crippen molar-refractivity contribution in [3.05, 3.63) is 65.7 Å². The molecule has 4 heteroatoms. The highest BCUT2D eigenvalue weighted by atomic mass is 16.5. The Hall–Kier alpha value is -2.33. The second-order valence-electron chi connectivity index (χ2n) is 6.91. The van der Waals surface area contributed by atoms with Crippen LogP contribution >= 0.6 is 0 Å². The van der Waals surface area contributed by atoms with E-state index in [9.17, 15) is 9.90 Å². The first-order chi connectivity index (χ1) is 12.0. The van der Waals surface area contributed by atoms with Gasteiger partial charge in [0.25, 0.3) is 0 Å². The number of hydrogen-bond donors (Lipinski definition) is 2. The monoisotopic (exact) mass is 339 g/mol. The largest absolute Gasteiger partial charge is 0.491 e. The highest BCUT2D eigenvalue weighted by molar-refractivity contribution is 5.91. The Morgan fingerprint density at radius 3 is 2.52 bits per heavy atom. The molecule has 0 spiro atoms.